The molecule has 1 saturated heterocycles. The van der Waals surface area contributed by atoms with E-state index >= 15 is 0 Å². The monoisotopic (exact) mass is 486 g/mol. The van der Waals surface area contributed by atoms with Crippen LogP contribution in [0.1, 0.15) is 21.5 Å². The highest BCUT2D eigenvalue weighted by Crippen LogP contribution is 2.25. The van der Waals surface area contributed by atoms with Crippen molar-refractivity contribution in [2.24, 2.45) is 0 Å². The van der Waals surface area contributed by atoms with Gasteiger partial charge in [-0.05, 0) is 23.8 Å². The first-order chi connectivity index (χ1) is 17.0. The molecule has 2 amide bonds. The quantitative estimate of drug-likeness (QED) is 0.493. The van der Waals surface area contributed by atoms with Crippen LogP contribution in [0.5, 0.6) is 0 Å². The zero-order valence-electron chi connectivity index (χ0n) is 19.2. The molecule has 3 aromatic rings. The van der Waals surface area contributed by atoms with Gasteiger partial charge in [-0.2, -0.15) is 5.26 Å². The van der Waals surface area contributed by atoms with Crippen molar-refractivity contribution in [3.05, 3.63) is 83.4 Å². The van der Waals surface area contributed by atoms with Crippen LogP contribution in [-0.4, -0.2) is 58.5 Å². The molecule has 178 valence electrons. The van der Waals surface area contributed by atoms with Crippen LogP contribution in [0, 0.1) is 11.3 Å². The fourth-order valence-corrected chi connectivity index (χ4v) is 4.69. The predicted molar refractivity (Wildman–Crippen MR) is 137 cm³/mol. The van der Waals surface area contributed by atoms with Gasteiger partial charge in [0.05, 0.1) is 16.9 Å². The van der Waals surface area contributed by atoms with Gasteiger partial charge in [0.25, 0.3) is 5.91 Å². The van der Waals surface area contributed by atoms with E-state index in [4.69, 9.17) is 5.73 Å². The molecular weight excluding hydrogens is 460 g/mol. The van der Waals surface area contributed by atoms with E-state index in [1.807, 2.05) is 29.2 Å². The maximum atomic E-state index is 12.8. The maximum absolute atomic E-state index is 12.8. The van der Waals surface area contributed by atoms with E-state index in [0.29, 0.717) is 23.8 Å². The van der Waals surface area contributed by atoms with Crippen LogP contribution in [-0.2, 0) is 11.3 Å². The first-order valence-electron chi connectivity index (χ1n) is 11.3. The summed E-state index contributed by atoms with van der Waals surface area (Å²) in [7, 11) is 0. The van der Waals surface area contributed by atoms with Crippen LogP contribution in [0.3, 0.4) is 0 Å². The maximum Gasteiger partial charge on any atom is 0.259 e. The van der Waals surface area contributed by atoms with Crippen LogP contribution in [0.2, 0.25) is 0 Å². The number of hydrogen-bond donors (Lipinski definition) is 2. The Labute approximate surface area is 208 Å². The minimum absolute atomic E-state index is 0.00970. The third-order valence-corrected chi connectivity index (χ3v) is 6.70. The van der Waals surface area contributed by atoms with Gasteiger partial charge >= 0.3 is 0 Å². The van der Waals surface area contributed by atoms with E-state index in [2.05, 4.69) is 33.4 Å². The number of nitrogen functional groups attached to an aromatic ring is 1. The molecule has 0 spiro atoms. The third kappa shape index (κ3) is 6.38. The first kappa shape index (κ1) is 24.3. The molecule has 4 rings (SSSR count). The van der Waals surface area contributed by atoms with Gasteiger partial charge in [0.15, 0.2) is 0 Å². The highest BCUT2D eigenvalue weighted by Gasteiger charge is 2.22. The summed E-state index contributed by atoms with van der Waals surface area (Å²) in [5.41, 5.74) is 8.24. The number of carbonyl (C=O) groups excluding carboxylic acids is 2. The molecule has 0 radical (unpaired) electrons. The summed E-state index contributed by atoms with van der Waals surface area (Å²) < 4.78 is 0. The number of anilines is 2. The molecule has 0 atom stereocenters. The number of nitriles is 1. The van der Waals surface area contributed by atoms with Crippen molar-refractivity contribution in [1.29, 1.82) is 5.26 Å². The van der Waals surface area contributed by atoms with Crippen LogP contribution < -0.4 is 11.1 Å². The molecular formula is C26H26N6O2S. The SMILES string of the molecule is N#Cc1cc(C(=O)Nc2ccccc2)c(N)nc1SCC(=O)N1CCN(Cc2ccccc2)CC1. The van der Waals surface area contributed by atoms with E-state index < -0.39 is 5.91 Å². The van der Waals surface area contributed by atoms with Crippen molar-refractivity contribution in [2.75, 3.05) is 43.0 Å². The largest absolute Gasteiger partial charge is 0.383 e. The molecule has 2 heterocycles. The Balaban J connectivity index is 1.33. The molecule has 0 bridgehead atoms. The summed E-state index contributed by atoms with van der Waals surface area (Å²) >= 11 is 1.17. The summed E-state index contributed by atoms with van der Waals surface area (Å²) in [5.74, 6) is -0.292. The van der Waals surface area contributed by atoms with E-state index in [1.54, 1.807) is 24.3 Å². The Morgan fingerprint density at radius 1 is 1.03 bits per heavy atom. The molecule has 8 nitrogen and oxygen atoms in total. The Bertz CT molecular complexity index is 1220. The van der Waals surface area contributed by atoms with Gasteiger partial charge in [-0.15, -0.1) is 0 Å². The Kier molecular flexibility index (Phi) is 7.98. The number of aromatic nitrogens is 1. The number of nitrogens with two attached hydrogens (primary N) is 1. The Hall–Kier alpha value is -3.87. The predicted octanol–water partition coefficient (Wildman–Crippen LogP) is 3.22. The number of piperazine rings is 1. The molecule has 0 saturated carbocycles. The number of nitrogens with zero attached hydrogens (tertiary/aromatic N) is 4. The molecule has 3 N–H and O–H groups in total. The minimum Gasteiger partial charge on any atom is -0.383 e. The van der Waals surface area contributed by atoms with E-state index in [-0.39, 0.29) is 28.6 Å². The zero-order chi connectivity index (χ0) is 24.6. The minimum atomic E-state index is -0.446. The van der Waals surface area contributed by atoms with Gasteiger partial charge in [-0.3, -0.25) is 14.5 Å². The third-order valence-electron chi connectivity index (χ3n) is 5.72. The Morgan fingerprint density at radius 2 is 1.69 bits per heavy atom. The second kappa shape index (κ2) is 11.5. The molecule has 35 heavy (non-hydrogen) atoms. The van der Waals surface area contributed by atoms with Crippen molar-refractivity contribution in [3.63, 3.8) is 0 Å². The number of nitrogens with one attached hydrogen (secondary N) is 1. The molecule has 1 aliphatic rings. The van der Waals surface area contributed by atoms with Gasteiger partial charge in [-0.25, -0.2) is 4.98 Å². The number of para-hydroxylation sites is 1. The highest BCUT2D eigenvalue weighted by atomic mass is 32.2. The van der Waals surface area contributed by atoms with Crippen LogP contribution in [0.15, 0.2) is 71.8 Å². The number of amides is 2. The van der Waals surface area contributed by atoms with E-state index in [1.165, 1.54) is 23.4 Å². The average Bonchev–Trinajstić information content (AvgIpc) is 2.89. The number of benzene rings is 2. The Morgan fingerprint density at radius 3 is 2.34 bits per heavy atom. The molecule has 0 unspecified atom stereocenters. The van der Waals surface area contributed by atoms with Crippen molar-refractivity contribution in [2.45, 2.75) is 11.6 Å². The molecule has 1 fully saturated rings. The summed E-state index contributed by atoms with van der Waals surface area (Å²) in [5, 5.41) is 12.7. The average molecular weight is 487 g/mol. The second-order valence-corrected chi connectivity index (χ2v) is 9.10. The van der Waals surface area contributed by atoms with Gasteiger partial charge in [0.2, 0.25) is 5.91 Å². The lowest BCUT2D eigenvalue weighted by Crippen LogP contribution is -2.48. The number of carbonyl (C=O) groups is 2. The molecule has 1 aliphatic heterocycles. The molecule has 9 heteroatoms. The lowest BCUT2D eigenvalue weighted by Gasteiger charge is -2.34. The zero-order valence-corrected chi connectivity index (χ0v) is 20.0. The molecule has 1 aromatic heterocycles. The van der Waals surface area contributed by atoms with Crippen LogP contribution in [0.4, 0.5) is 11.5 Å². The molecule has 2 aromatic carbocycles. The van der Waals surface area contributed by atoms with Gasteiger partial charge in [0, 0.05) is 38.4 Å². The summed E-state index contributed by atoms with van der Waals surface area (Å²) in [4.78, 5) is 33.8. The molecule has 0 aliphatic carbocycles. The van der Waals surface area contributed by atoms with Gasteiger partial charge in [-0.1, -0.05) is 60.3 Å². The van der Waals surface area contributed by atoms with Crippen molar-refractivity contribution in [1.82, 2.24) is 14.8 Å². The normalized spacial score (nSPS) is 13.7. The fourth-order valence-electron chi connectivity index (χ4n) is 3.82. The smallest absolute Gasteiger partial charge is 0.259 e. The van der Waals surface area contributed by atoms with Crippen LogP contribution >= 0.6 is 11.8 Å². The van der Waals surface area contributed by atoms with Crippen molar-refractivity contribution < 1.29 is 9.59 Å². The lowest BCUT2D eigenvalue weighted by molar-refractivity contribution is -0.130. The summed E-state index contributed by atoms with van der Waals surface area (Å²) in [6.07, 6.45) is 0. The number of pyridine rings is 1. The van der Waals surface area contributed by atoms with Gasteiger partial charge in [0.1, 0.15) is 16.9 Å². The van der Waals surface area contributed by atoms with Crippen molar-refractivity contribution in [3.8, 4) is 6.07 Å². The topological polar surface area (TPSA) is 115 Å². The van der Waals surface area contributed by atoms with E-state index in [0.717, 1.165) is 19.6 Å². The summed E-state index contributed by atoms with van der Waals surface area (Å²) in [6, 6.07) is 22.7. The standard InChI is InChI=1S/C26H26N6O2S/c27-16-20-15-22(25(34)29-21-9-5-2-6-10-21)24(28)30-26(20)35-18-23(33)32-13-11-31(12-14-32)17-19-7-3-1-4-8-19/h1-10,15H,11-14,17-18H2,(H2,28,30)(H,29,34). The second-order valence-electron chi connectivity index (χ2n) is 8.14. The van der Waals surface area contributed by atoms with Gasteiger partial charge < -0.3 is 16.0 Å². The lowest BCUT2D eigenvalue weighted by atomic mass is 10.2. The van der Waals surface area contributed by atoms with Crippen LogP contribution in [0.25, 0.3) is 0 Å². The first-order valence-corrected chi connectivity index (χ1v) is 12.3. The number of thioether (sulfide) groups is 1. The highest BCUT2D eigenvalue weighted by molar-refractivity contribution is 8.00. The van der Waals surface area contributed by atoms with Crippen molar-refractivity contribution >= 4 is 35.1 Å². The summed E-state index contributed by atoms with van der Waals surface area (Å²) in [6.45, 7) is 3.81. The van der Waals surface area contributed by atoms with E-state index in [9.17, 15) is 14.9 Å². The fraction of sp³-hybridized carbons (Fsp3) is 0.231. The number of hydrogen-bond acceptors (Lipinski definition) is 7. The number of rotatable bonds is 7.